The predicted molar refractivity (Wildman–Crippen MR) is 94.3 cm³/mol. The van der Waals surface area contributed by atoms with Crippen molar-refractivity contribution >= 4 is 23.3 Å². The smallest absolute Gasteiger partial charge is 0.338 e. The van der Waals surface area contributed by atoms with Crippen LogP contribution in [0.15, 0.2) is 42.5 Å². The maximum Gasteiger partial charge on any atom is 0.338 e. The summed E-state index contributed by atoms with van der Waals surface area (Å²) >= 11 is 0. The monoisotopic (exact) mass is 358 g/mol. The van der Waals surface area contributed by atoms with Gasteiger partial charge < -0.3 is 14.8 Å². The summed E-state index contributed by atoms with van der Waals surface area (Å²) < 4.78 is 9.97. The fourth-order valence-electron chi connectivity index (χ4n) is 2.22. The van der Waals surface area contributed by atoms with Crippen LogP contribution in [-0.2, 0) is 9.53 Å². The lowest BCUT2D eigenvalue weighted by Crippen LogP contribution is -2.30. The highest BCUT2D eigenvalue weighted by atomic mass is 16.6. The number of rotatable bonds is 6. The lowest BCUT2D eigenvalue weighted by Gasteiger charge is -2.15. The number of nitrogens with one attached hydrogen (secondary N) is 1. The van der Waals surface area contributed by atoms with Crippen LogP contribution in [0.4, 0.5) is 11.4 Å². The van der Waals surface area contributed by atoms with Gasteiger partial charge in [-0.3, -0.25) is 14.9 Å². The molecule has 8 nitrogen and oxygen atoms in total. The summed E-state index contributed by atoms with van der Waals surface area (Å²) in [5.41, 5.74) is 1.16. The first-order valence-corrected chi connectivity index (χ1v) is 7.72. The van der Waals surface area contributed by atoms with Crippen molar-refractivity contribution in [1.82, 2.24) is 0 Å². The van der Waals surface area contributed by atoms with E-state index in [0.717, 1.165) is 11.6 Å². The molecule has 8 heteroatoms. The number of nitrogens with zero attached hydrogens (tertiary/aromatic N) is 1. The van der Waals surface area contributed by atoms with Crippen LogP contribution in [0.1, 0.15) is 22.8 Å². The quantitative estimate of drug-likeness (QED) is 0.483. The normalized spacial score (nSPS) is 11.3. The molecule has 1 atom stereocenters. The molecule has 0 aliphatic rings. The molecule has 0 bridgehead atoms. The molecule has 0 aliphatic heterocycles. The third-order valence-electron chi connectivity index (χ3n) is 3.54. The van der Waals surface area contributed by atoms with E-state index < -0.39 is 28.6 Å². The maximum absolute atomic E-state index is 12.3. The summed E-state index contributed by atoms with van der Waals surface area (Å²) in [6.07, 6.45) is -0.988. The third kappa shape index (κ3) is 4.56. The zero-order valence-corrected chi connectivity index (χ0v) is 14.5. The van der Waals surface area contributed by atoms with E-state index in [-0.39, 0.29) is 11.3 Å². The van der Waals surface area contributed by atoms with Gasteiger partial charge in [-0.25, -0.2) is 4.79 Å². The molecule has 0 radical (unpaired) electrons. The van der Waals surface area contributed by atoms with Crippen LogP contribution in [0.2, 0.25) is 0 Å². The lowest BCUT2D eigenvalue weighted by molar-refractivity contribution is -0.386. The Morgan fingerprint density at radius 2 is 1.92 bits per heavy atom. The number of benzene rings is 2. The van der Waals surface area contributed by atoms with Gasteiger partial charge in [0.1, 0.15) is 0 Å². The number of nitro groups is 1. The molecule has 2 aromatic rings. The molecule has 0 saturated heterocycles. The molecule has 0 aromatic heterocycles. The topological polar surface area (TPSA) is 108 Å². The average Bonchev–Trinajstić information content (AvgIpc) is 2.61. The van der Waals surface area contributed by atoms with Crippen LogP contribution in [0.3, 0.4) is 0 Å². The number of hydrogen-bond acceptors (Lipinski definition) is 6. The van der Waals surface area contributed by atoms with Gasteiger partial charge >= 0.3 is 11.7 Å². The van der Waals surface area contributed by atoms with Crippen molar-refractivity contribution in [2.24, 2.45) is 0 Å². The largest absolute Gasteiger partial charge is 0.474 e. The van der Waals surface area contributed by atoms with Gasteiger partial charge in [0.05, 0.1) is 17.6 Å². The van der Waals surface area contributed by atoms with Gasteiger partial charge in [0.25, 0.3) is 5.91 Å². The molecule has 26 heavy (non-hydrogen) atoms. The second-order valence-electron chi connectivity index (χ2n) is 5.55. The fraction of sp³-hybridized carbons (Fsp3) is 0.222. The van der Waals surface area contributed by atoms with E-state index in [1.165, 1.54) is 26.2 Å². The molecular formula is C18H18N2O6. The standard InChI is InChI=1S/C18H18N2O6/c1-11-5-4-6-14(9-11)19-17(21)12(2)26-16-8-7-13(18(22)25-3)10-15(16)20(23)24/h4-10,12H,1-3H3,(H,19,21)/t12-/m1/s1. The van der Waals surface area contributed by atoms with E-state index in [1.54, 1.807) is 18.2 Å². The van der Waals surface area contributed by atoms with Gasteiger partial charge in [0.2, 0.25) is 0 Å². The van der Waals surface area contributed by atoms with Crippen LogP contribution >= 0.6 is 0 Å². The van der Waals surface area contributed by atoms with Crippen LogP contribution in [-0.4, -0.2) is 30.0 Å². The van der Waals surface area contributed by atoms with Gasteiger partial charge in [-0.05, 0) is 43.7 Å². The predicted octanol–water partition coefficient (Wildman–Crippen LogP) is 3.10. The number of carbonyl (C=O) groups excluding carboxylic acids is 2. The Bertz CT molecular complexity index is 849. The molecule has 0 unspecified atom stereocenters. The van der Waals surface area contributed by atoms with Gasteiger partial charge in [0, 0.05) is 11.8 Å². The summed E-state index contributed by atoms with van der Waals surface area (Å²) in [5.74, 6) is -1.28. The molecule has 1 amide bonds. The fourth-order valence-corrected chi connectivity index (χ4v) is 2.22. The van der Waals surface area contributed by atoms with E-state index in [2.05, 4.69) is 10.1 Å². The highest BCUT2D eigenvalue weighted by molar-refractivity contribution is 5.94. The number of anilines is 1. The van der Waals surface area contributed by atoms with Crippen molar-refractivity contribution in [2.75, 3.05) is 12.4 Å². The molecule has 2 aromatic carbocycles. The molecule has 0 heterocycles. The molecule has 0 aliphatic carbocycles. The summed E-state index contributed by atoms with van der Waals surface area (Å²) in [6, 6.07) is 10.9. The minimum atomic E-state index is -0.988. The maximum atomic E-state index is 12.3. The Balaban J connectivity index is 2.17. The summed E-state index contributed by atoms with van der Waals surface area (Å²) in [7, 11) is 1.18. The zero-order chi connectivity index (χ0) is 19.3. The summed E-state index contributed by atoms with van der Waals surface area (Å²) in [6.45, 7) is 3.37. The lowest BCUT2D eigenvalue weighted by atomic mass is 10.2. The van der Waals surface area contributed by atoms with E-state index in [0.29, 0.717) is 5.69 Å². The number of carbonyl (C=O) groups is 2. The van der Waals surface area contributed by atoms with E-state index in [9.17, 15) is 19.7 Å². The number of aryl methyl sites for hydroxylation is 1. The first-order valence-electron chi connectivity index (χ1n) is 7.72. The molecule has 1 N–H and O–H groups in total. The van der Waals surface area contributed by atoms with Crippen molar-refractivity contribution in [3.05, 3.63) is 63.7 Å². The van der Waals surface area contributed by atoms with E-state index >= 15 is 0 Å². The van der Waals surface area contributed by atoms with E-state index in [4.69, 9.17) is 4.74 Å². The molecule has 2 rings (SSSR count). The van der Waals surface area contributed by atoms with Gasteiger partial charge in [-0.15, -0.1) is 0 Å². The first kappa shape index (κ1) is 18.9. The highest BCUT2D eigenvalue weighted by Crippen LogP contribution is 2.29. The number of ether oxygens (including phenoxy) is 2. The number of nitro benzene ring substituents is 1. The number of methoxy groups -OCH3 is 1. The van der Waals surface area contributed by atoms with Crippen LogP contribution in [0, 0.1) is 17.0 Å². The Morgan fingerprint density at radius 3 is 2.54 bits per heavy atom. The number of esters is 1. The SMILES string of the molecule is COC(=O)c1ccc(O[C@H](C)C(=O)Nc2cccc(C)c2)c([N+](=O)[O-])c1. The molecule has 0 fully saturated rings. The van der Waals surface area contributed by atoms with Crippen LogP contribution < -0.4 is 10.1 Å². The minimum Gasteiger partial charge on any atom is -0.474 e. The molecule has 136 valence electrons. The Morgan fingerprint density at radius 1 is 1.19 bits per heavy atom. The van der Waals surface area contributed by atoms with Crippen molar-refractivity contribution < 1.29 is 24.0 Å². The Hall–Kier alpha value is -3.42. The van der Waals surface area contributed by atoms with Crippen LogP contribution in [0.5, 0.6) is 5.75 Å². The Labute approximate surface area is 149 Å². The highest BCUT2D eigenvalue weighted by Gasteiger charge is 2.23. The second-order valence-corrected chi connectivity index (χ2v) is 5.55. The molecule has 0 spiro atoms. The summed E-state index contributed by atoms with van der Waals surface area (Å²) in [5, 5.41) is 13.9. The van der Waals surface area contributed by atoms with Gasteiger partial charge in [0.15, 0.2) is 11.9 Å². The molecule has 0 saturated carbocycles. The number of amides is 1. The van der Waals surface area contributed by atoms with Crippen molar-refractivity contribution in [3.8, 4) is 5.75 Å². The van der Waals surface area contributed by atoms with Crippen molar-refractivity contribution in [2.45, 2.75) is 20.0 Å². The molecular weight excluding hydrogens is 340 g/mol. The van der Waals surface area contributed by atoms with Crippen LogP contribution in [0.25, 0.3) is 0 Å². The van der Waals surface area contributed by atoms with Crippen molar-refractivity contribution in [1.29, 1.82) is 0 Å². The van der Waals surface area contributed by atoms with E-state index in [1.807, 2.05) is 13.0 Å². The first-order chi connectivity index (χ1) is 12.3. The zero-order valence-electron chi connectivity index (χ0n) is 14.5. The third-order valence-corrected chi connectivity index (χ3v) is 3.54. The average molecular weight is 358 g/mol. The second kappa shape index (κ2) is 8.11. The number of hydrogen-bond donors (Lipinski definition) is 1. The summed E-state index contributed by atoms with van der Waals surface area (Å²) in [4.78, 5) is 34.3. The minimum absolute atomic E-state index is 0.0171. The Kier molecular flexibility index (Phi) is 5.90. The van der Waals surface area contributed by atoms with Crippen molar-refractivity contribution in [3.63, 3.8) is 0 Å². The van der Waals surface area contributed by atoms with Gasteiger partial charge in [-0.1, -0.05) is 12.1 Å². The van der Waals surface area contributed by atoms with Gasteiger partial charge in [-0.2, -0.15) is 0 Å².